The first-order valence-corrected chi connectivity index (χ1v) is 5.25. The van der Waals surface area contributed by atoms with Gasteiger partial charge in [0.05, 0.1) is 0 Å². The number of nitrogens with zero attached hydrogens (tertiary/aromatic N) is 2. The maximum absolute atomic E-state index is 8.81. The summed E-state index contributed by atoms with van der Waals surface area (Å²) in [5.74, 6) is 1.42. The Hall–Kier alpha value is -0.900. The summed E-state index contributed by atoms with van der Waals surface area (Å²) in [5.41, 5.74) is 0. The molecule has 0 aliphatic rings. The molecule has 0 radical (unpaired) electrons. The van der Waals surface area contributed by atoms with E-state index in [-0.39, 0.29) is 6.61 Å². The molecule has 1 rings (SSSR count). The molecular formula is C10H18N2O2. The summed E-state index contributed by atoms with van der Waals surface area (Å²) in [6, 6.07) is 0. The van der Waals surface area contributed by atoms with Crippen molar-refractivity contribution in [3.05, 3.63) is 11.7 Å². The third-order valence-electron chi connectivity index (χ3n) is 2.25. The summed E-state index contributed by atoms with van der Waals surface area (Å²) in [7, 11) is 0. The van der Waals surface area contributed by atoms with Crippen LogP contribution >= 0.6 is 0 Å². The number of aromatic nitrogens is 2. The molecule has 0 saturated heterocycles. The Morgan fingerprint density at radius 1 is 1.29 bits per heavy atom. The van der Waals surface area contributed by atoms with Crippen LogP contribution in [0.3, 0.4) is 0 Å². The first-order chi connectivity index (χ1) is 6.81. The Morgan fingerprint density at radius 2 is 1.93 bits per heavy atom. The van der Waals surface area contributed by atoms with Crippen molar-refractivity contribution in [3.8, 4) is 0 Å². The van der Waals surface area contributed by atoms with Crippen LogP contribution in [0.25, 0.3) is 0 Å². The van der Waals surface area contributed by atoms with E-state index in [4.69, 9.17) is 9.63 Å². The molecule has 0 aliphatic carbocycles. The molecule has 1 N–H and O–H groups in total. The highest BCUT2D eigenvalue weighted by atomic mass is 16.5. The minimum absolute atomic E-state index is 0.144. The van der Waals surface area contributed by atoms with E-state index in [0.29, 0.717) is 17.6 Å². The highest BCUT2D eigenvalue weighted by Gasteiger charge is 2.16. The Morgan fingerprint density at radius 3 is 2.36 bits per heavy atom. The fraction of sp³-hybridized carbons (Fsp3) is 0.800. The highest BCUT2D eigenvalue weighted by molar-refractivity contribution is 4.92. The van der Waals surface area contributed by atoms with Crippen LogP contribution in [-0.2, 0) is 6.61 Å². The first kappa shape index (κ1) is 11.2. The lowest BCUT2D eigenvalue weighted by Gasteiger charge is -2.08. The number of rotatable bonds is 6. The molecule has 0 unspecified atom stereocenters. The normalized spacial score (nSPS) is 11.1. The lowest BCUT2D eigenvalue weighted by molar-refractivity contribution is 0.261. The van der Waals surface area contributed by atoms with Crippen LogP contribution in [0.1, 0.15) is 57.2 Å². The van der Waals surface area contributed by atoms with E-state index in [1.807, 2.05) is 0 Å². The van der Waals surface area contributed by atoms with Crippen molar-refractivity contribution in [1.29, 1.82) is 0 Å². The minimum Gasteiger partial charge on any atom is -0.388 e. The van der Waals surface area contributed by atoms with E-state index in [1.54, 1.807) is 0 Å². The van der Waals surface area contributed by atoms with Crippen LogP contribution in [0.4, 0.5) is 0 Å². The maximum Gasteiger partial charge on any atom is 0.229 e. The summed E-state index contributed by atoms with van der Waals surface area (Å²) >= 11 is 0. The lowest BCUT2D eigenvalue weighted by Crippen LogP contribution is -1.99. The zero-order valence-electron chi connectivity index (χ0n) is 8.86. The van der Waals surface area contributed by atoms with E-state index in [1.165, 1.54) is 0 Å². The van der Waals surface area contributed by atoms with Crippen LogP contribution < -0.4 is 0 Å². The van der Waals surface area contributed by atoms with Crippen molar-refractivity contribution in [3.63, 3.8) is 0 Å². The van der Waals surface area contributed by atoms with Gasteiger partial charge in [-0.2, -0.15) is 4.98 Å². The van der Waals surface area contributed by atoms with Crippen LogP contribution in [0.15, 0.2) is 4.52 Å². The quantitative estimate of drug-likeness (QED) is 0.761. The summed E-state index contributed by atoms with van der Waals surface area (Å²) in [5, 5.41) is 12.5. The monoisotopic (exact) mass is 198 g/mol. The van der Waals surface area contributed by atoms with Gasteiger partial charge in [0.15, 0.2) is 5.82 Å². The van der Waals surface area contributed by atoms with Crippen molar-refractivity contribution in [2.75, 3.05) is 0 Å². The fourth-order valence-electron chi connectivity index (χ4n) is 1.59. The summed E-state index contributed by atoms with van der Waals surface area (Å²) in [4.78, 5) is 4.14. The predicted molar refractivity (Wildman–Crippen MR) is 52.8 cm³/mol. The van der Waals surface area contributed by atoms with E-state index in [2.05, 4.69) is 24.0 Å². The Balaban J connectivity index is 2.65. The Labute approximate surface area is 84.3 Å². The van der Waals surface area contributed by atoms with E-state index >= 15 is 0 Å². The van der Waals surface area contributed by atoms with Crippen molar-refractivity contribution in [1.82, 2.24) is 10.1 Å². The maximum atomic E-state index is 8.81. The predicted octanol–water partition coefficient (Wildman–Crippen LogP) is 2.25. The van der Waals surface area contributed by atoms with Crippen LogP contribution in [0.2, 0.25) is 0 Å². The van der Waals surface area contributed by atoms with Gasteiger partial charge in [-0.25, -0.2) is 0 Å². The SMILES string of the molecule is CCCC(CCC)c1nc(CO)no1. The lowest BCUT2D eigenvalue weighted by atomic mass is 9.98. The molecule has 1 aromatic heterocycles. The van der Waals surface area contributed by atoms with Crippen molar-refractivity contribution >= 4 is 0 Å². The molecule has 1 heterocycles. The first-order valence-electron chi connectivity index (χ1n) is 5.25. The minimum atomic E-state index is -0.144. The van der Waals surface area contributed by atoms with Gasteiger partial charge in [-0.15, -0.1) is 0 Å². The second-order valence-electron chi connectivity index (χ2n) is 3.48. The van der Waals surface area contributed by atoms with E-state index < -0.39 is 0 Å². The van der Waals surface area contributed by atoms with Crippen molar-refractivity contribution in [2.45, 2.75) is 52.1 Å². The van der Waals surface area contributed by atoms with Crippen LogP contribution in [0.5, 0.6) is 0 Å². The summed E-state index contributed by atoms with van der Waals surface area (Å²) < 4.78 is 5.10. The molecule has 0 bridgehead atoms. The molecule has 0 fully saturated rings. The Kier molecular flexibility index (Phi) is 4.59. The molecule has 4 nitrogen and oxygen atoms in total. The van der Waals surface area contributed by atoms with Crippen LogP contribution in [-0.4, -0.2) is 15.2 Å². The average molecular weight is 198 g/mol. The molecule has 0 aliphatic heterocycles. The molecule has 0 saturated carbocycles. The van der Waals surface area contributed by atoms with Gasteiger partial charge in [0.1, 0.15) is 6.61 Å². The fourth-order valence-corrected chi connectivity index (χ4v) is 1.59. The van der Waals surface area contributed by atoms with E-state index in [0.717, 1.165) is 25.7 Å². The molecule has 1 aromatic rings. The largest absolute Gasteiger partial charge is 0.388 e. The number of hydrogen-bond donors (Lipinski definition) is 1. The summed E-state index contributed by atoms with van der Waals surface area (Å²) in [6.45, 7) is 4.15. The van der Waals surface area contributed by atoms with Gasteiger partial charge in [0.25, 0.3) is 0 Å². The molecule has 0 aromatic carbocycles. The van der Waals surface area contributed by atoms with Gasteiger partial charge in [-0.05, 0) is 12.8 Å². The third-order valence-corrected chi connectivity index (χ3v) is 2.25. The standard InChI is InChI=1S/C10H18N2O2/c1-3-5-8(6-4-2)10-11-9(7-13)12-14-10/h8,13H,3-7H2,1-2H3. The molecule has 0 spiro atoms. The van der Waals surface area contributed by atoms with Crippen molar-refractivity contribution in [2.24, 2.45) is 0 Å². The van der Waals surface area contributed by atoms with Gasteiger partial charge in [-0.1, -0.05) is 31.8 Å². The number of aliphatic hydroxyl groups is 1. The van der Waals surface area contributed by atoms with Gasteiger partial charge in [-0.3, -0.25) is 0 Å². The zero-order chi connectivity index (χ0) is 10.4. The second-order valence-corrected chi connectivity index (χ2v) is 3.48. The summed E-state index contributed by atoms with van der Waals surface area (Å²) in [6.07, 6.45) is 4.37. The highest BCUT2D eigenvalue weighted by Crippen LogP contribution is 2.24. The topological polar surface area (TPSA) is 59.2 Å². The van der Waals surface area contributed by atoms with Gasteiger partial charge >= 0.3 is 0 Å². The van der Waals surface area contributed by atoms with Gasteiger partial charge in [0.2, 0.25) is 5.89 Å². The second kappa shape index (κ2) is 5.75. The zero-order valence-corrected chi connectivity index (χ0v) is 8.86. The van der Waals surface area contributed by atoms with Gasteiger partial charge in [0, 0.05) is 5.92 Å². The molecular weight excluding hydrogens is 180 g/mol. The van der Waals surface area contributed by atoms with E-state index in [9.17, 15) is 0 Å². The third kappa shape index (κ3) is 2.80. The molecule has 4 heteroatoms. The molecule has 80 valence electrons. The Bertz CT molecular complexity index is 254. The average Bonchev–Trinajstić information content (AvgIpc) is 2.65. The van der Waals surface area contributed by atoms with Crippen molar-refractivity contribution < 1.29 is 9.63 Å². The molecule has 14 heavy (non-hydrogen) atoms. The smallest absolute Gasteiger partial charge is 0.229 e. The molecule has 0 amide bonds. The molecule has 0 atom stereocenters. The van der Waals surface area contributed by atoms with Gasteiger partial charge < -0.3 is 9.63 Å². The number of aliphatic hydroxyl groups excluding tert-OH is 1. The number of hydrogen-bond acceptors (Lipinski definition) is 4. The van der Waals surface area contributed by atoms with Crippen LogP contribution in [0, 0.1) is 0 Å².